The summed E-state index contributed by atoms with van der Waals surface area (Å²) in [5.74, 6) is 0.302. The van der Waals surface area contributed by atoms with Crippen molar-refractivity contribution in [3.63, 3.8) is 0 Å². The summed E-state index contributed by atoms with van der Waals surface area (Å²) in [6.07, 6.45) is -0.0297. The molecule has 3 aromatic rings. The maximum Gasteiger partial charge on any atom is 0.416 e. The van der Waals surface area contributed by atoms with E-state index in [2.05, 4.69) is 4.98 Å². The van der Waals surface area contributed by atoms with E-state index in [4.69, 9.17) is 9.84 Å². The zero-order valence-electron chi connectivity index (χ0n) is 18.1. The maximum atomic E-state index is 13.7. The van der Waals surface area contributed by atoms with Crippen molar-refractivity contribution in [3.8, 4) is 5.75 Å². The normalized spacial score (nSPS) is 18.7. The number of aromatic nitrogens is 2. The zero-order chi connectivity index (χ0) is 23.2. The molecule has 2 aromatic carbocycles. The number of benzene rings is 2. The summed E-state index contributed by atoms with van der Waals surface area (Å²) in [6.45, 7) is 0.742. The van der Waals surface area contributed by atoms with Crippen LogP contribution in [0.25, 0.3) is 11.0 Å². The minimum atomic E-state index is -4.39. The number of hydrogen-bond donors (Lipinski definition) is 1. The molecule has 8 heteroatoms. The number of rotatable bonds is 6. The van der Waals surface area contributed by atoms with Gasteiger partial charge in [-0.15, -0.1) is 0 Å². The van der Waals surface area contributed by atoms with Crippen LogP contribution in [-0.4, -0.2) is 20.6 Å². The van der Waals surface area contributed by atoms with Crippen LogP contribution in [0.15, 0.2) is 36.4 Å². The Bertz CT molecular complexity index is 1200. The SMILES string of the molecule is O=C(O)CC1CCn2c1nc1cc(OCc3ccc(C4CCCC4)c(C(F)(F)F)c3)ccc12. The average molecular weight is 458 g/mol. The number of hydrogen-bond acceptors (Lipinski definition) is 3. The summed E-state index contributed by atoms with van der Waals surface area (Å²) in [5, 5.41) is 9.12. The van der Waals surface area contributed by atoms with E-state index < -0.39 is 17.7 Å². The average Bonchev–Trinajstić information content (AvgIpc) is 3.49. The number of aliphatic carboxylic acids is 1. The standard InChI is InChI=1S/C25H25F3N2O3/c26-25(27,28)20-11-15(5-7-19(20)16-3-1-2-4-16)14-33-18-6-8-22-21(13-18)29-24-17(12-23(31)32)9-10-30(22)24/h5-8,11,13,16-17H,1-4,9-10,12,14H2,(H,31,32). The molecule has 1 N–H and O–H groups in total. The van der Waals surface area contributed by atoms with Gasteiger partial charge in [0.05, 0.1) is 23.0 Å². The highest BCUT2D eigenvalue weighted by Crippen LogP contribution is 2.42. The highest BCUT2D eigenvalue weighted by Gasteiger charge is 2.36. The van der Waals surface area contributed by atoms with Crippen LogP contribution in [0.4, 0.5) is 13.2 Å². The number of nitrogens with zero attached hydrogens (tertiary/aromatic N) is 2. The van der Waals surface area contributed by atoms with Crippen molar-refractivity contribution in [2.75, 3.05) is 0 Å². The Morgan fingerprint density at radius 1 is 1.12 bits per heavy atom. The van der Waals surface area contributed by atoms with Gasteiger partial charge in [-0.2, -0.15) is 13.2 Å². The number of ether oxygens (including phenoxy) is 1. The lowest BCUT2D eigenvalue weighted by Gasteiger charge is -2.19. The molecule has 1 aromatic heterocycles. The van der Waals surface area contributed by atoms with Gasteiger partial charge in [-0.25, -0.2) is 4.98 Å². The number of fused-ring (bicyclic) bond motifs is 3. The molecule has 0 spiro atoms. The van der Waals surface area contributed by atoms with Gasteiger partial charge in [0.15, 0.2) is 0 Å². The van der Waals surface area contributed by atoms with Crippen LogP contribution in [0.1, 0.15) is 72.9 Å². The predicted molar refractivity (Wildman–Crippen MR) is 116 cm³/mol. The molecule has 174 valence electrons. The summed E-state index contributed by atoms with van der Waals surface area (Å²) < 4.78 is 49.0. The molecule has 0 saturated heterocycles. The van der Waals surface area contributed by atoms with Gasteiger partial charge in [0.25, 0.3) is 0 Å². The molecule has 1 saturated carbocycles. The molecule has 2 heterocycles. The highest BCUT2D eigenvalue weighted by atomic mass is 19.4. The van der Waals surface area contributed by atoms with E-state index >= 15 is 0 Å². The Morgan fingerprint density at radius 3 is 2.64 bits per heavy atom. The summed E-state index contributed by atoms with van der Waals surface area (Å²) in [4.78, 5) is 15.7. The van der Waals surface area contributed by atoms with Crippen LogP contribution >= 0.6 is 0 Å². The number of carboxylic acid groups (broad SMARTS) is 1. The molecule has 33 heavy (non-hydrogen) atoms. The van der Waals surface area contributed by atoms with Crippen molar-refractivity contribution < 1.29 is 27.8 Å². The van der Waals surface area contributed by atoms with Crippen LogP contribution < -0.4 is 4.74 Å². The van der Waals surface area contributed by atoms with Gasteiger partial charge in [0.2, 0.25) is 0 Å². The Morgan fingerprint density at radius 2 is 1.91 bits per heavy atom. The molecule has 5 rings (SSSR count). The topological polar surface area (TPSA) is 64.3 Å². The Kier molecular flexibility index (Phi) is 5.54. The molecular weight excluding hydrogens is 433 g/mol. The van der Waals surface area contributed by atoms with E-state index in [1.54, 1.807) is 24.3 Å². The number of aryl methyl sites for hydroxylation is 1. The molecular formula is C25H25F3N2O3. The van der Waals surface area contributed by atoms with Gasteiger partial charge in [-0.05, 0) is 54.5 Å². The molecule has 2 aliphatic rings. The second-order valence-electron chi connectivity index (χ2n) is 9.05. The fourth-order valence-corrected chi connectivity index (χ4v) is 5.28. The summed E-state index contributed by atoms with van der Waals surface area (Å²) in [6, 6.07) is 9.96. The molecule has 0 amide bonds. The number of halogens is 3. The summed E-state index contributed by atoms with van der Waals surface area (Å²) in [7, 11) is 0. The van der Waals surface area contributed by atoms with E-state index in [1.165, 1.54) is 6.07 Å². The highest BCUT2D eigenvalue weighted by molar-refractivity contribution is 5.78. The van der Waals surface area contributed by atoms with Gasteiger partial charge in [-0.3, -0.25) is 4.79 Å². The lowest BCUT2D eigenvalue weighted by molar-refractivity contribution is -0.139. The smallest absolute Gasteiger partial charge is 0.416 e. The minimum absolute atomic E-state index is 0.0215. The van der Waals surface area contributed by atoms with Crippen LogP contribution in [0.2, 0.25) is 0 Å². The lowest BCUT2D eigenvalue weighted by atomic mass is 9.91. The zero-order valence-corrected chi connectivity index (χ0v) is 18.1. The Balaban J connectivity index is 1.35. The molecule has 1 fully saturated rings. The van der Waals surface area contributed by atoms with E-state index in [9.17, 15) is 18.0 Å². The monoisotopic (exact) mass is 458 g/mol. The predicted octanol–water partition coefficient (Wildman–Crippen LogP) is 6.25. The second-order valence-corrected chi connectivity index (χ2v) is 9.05. The molecule has 0 radical (unpaired) electrons. The minimum Gasteiger partial charge on any atom is -0.489 e. The third-order valence-electron chi connectivity index (χ3n) is 6.86. The largest absolute Gasteiger partial charge is 0.489 e. The van der Waals surface area contributed by atoms with E-state index in [0.717, 1.165) is 50.0 Å². The van der Waals surface area contributed by atoms with E-state index in [0.29, 0.717) is 22.4 Å². The lowest BCUT2D eigenvalue weighted by Crippen LogP contribution is -2.12. The first-order valence-corrected chi connectivity index (χ1v) is 11.3. The number of carboxylic acids is 1. The van der Waals surface area contributed by atoms with Crippen LogP contribution in [-0.2, 0) is 24.1 Å². The number of alkyl halides is 3. The van der Waals surface area contributed by atoms with Crippen molar-refractivity contribution in [1.82, 2.24) is 9.55 Å². The number of imidazole rings is 1. The first-order chi connectivity index (χ1) is 15.8. The maximum absolute atomic E-state index is 13.7. The third kappa shape index (κ3) is 4.30. The van der Waals surface area contributed by atoms with Crippen molar-refractivity contribution in [1.29, 1.82) is 0 Å². The van der Waals surface area contributed by atoms with Crippen LogP contribution in [0.5, 0.6) is 5.75 Å². The molecule has 1 unspecified atom stereocenters. The van der Waals surface area contributed by atoms with E-state index in [-0.39, 0.29) is 24.9 Å². The van der Waals surface area contributed by atoms with Gasteiger partial charge >= 0.3 is 12.1 Å². The Hall–Kier alpha value is -3.03. The van der Waals surface area contributed by atoms with Crippen LogP contribution in [0, 0.1) is 0 Å². The fourth-order valence-electron chi connectivity index (χ4n) is 5.28. The van der Waals surface area contributed by atoms with Crippen LogP contribution in [0.3, 0.4) is 0 Å². The first kappa shape index (κ1) is 21.8. The van der Waals surface area contributed by atoms with Crippen molar-refractivity contribution >= 4 is 17.0 Å². The molecule has 1 atom stereocenters. The summed E-state index contributed by atoms with van der Waals surface area (Å²) in [5.41, 5.74) is 1.92. The van der Waals surface area contributed by atoms with Gasteiger partial charge in [0.1, 0.15) is 18.2 Å². The fraction of sp³-hybridized carbons (Fsp3) is 0.440. The quantitative estimate of drug-likeness (QED) is 0.474. The molecule has 1 aliphatic carbocycles. The third-order valence-corrected chi connectivity index (χ3v) is 6.86. The number of carbonyl (C=O) groups is 1. The van der Waals surface area contributed by atoms with E-state index in [1.807, 2.05) is 10.6 Å². The molecule has 1 aliphatic heterocycles. The van der Waals surface area contributed by atoms with Crippen molar-refractivity contribution in [2.45, 2.75) is 69.7 Å². The van der Waals surface area contributed by atoms with Gasteiger partial charge in [0, 0.05) is 18.5 Å². The van der Waals surface area contributed by atoms with Crippen molar-refractivity contribution in [2.24, 2.45) is 0 Å². The molecule has 5 nitrogen and oxygen atoms in total. The Labute approximate surface area is 189 Å². The second kappa shape index (κ2) is 8.39. The first-order valence-electron chi connectivity index (χ1n) is 11.3. The van der Waals surface area contributed by atoms with Gasteiger partial charge in [-0.1, -0.05) is 25.0 Å². The molecule has 0 bridgehead atoms. The van der Waals surface area contributed by atoms with Gasteiger partial charge < -0.3 is 14.4 Å². The summed E-state index contributed by atoms with van der Waals surface area (Å²) >= 11 is 0. The van der Waals surface area contributed by atoms with Crippen molar-refractivity contribution in [3.05, 3.63) is 58.9 Å².